The predicted octanol–water partition coefficient (Wildman–Crippen LogP) is 4.81. The van der Waals surface area contributed by atoms with Crippen molar-refractivity contribution < 1.29 is 13.0 Å². The van der Waals surface area contributed by atoms with Gasteiger partial charge in [-0.1, -0.05) is 48.0 Å². The summed E-state index contributed by atoms with van der Waals surface area (Å²) < 4.78 is 33.2. The number of hydrogen-bond acceptors (Lipinski definition) is 6. The molecule has 0 unspecified atom stereocenters. The minimum atomic E-state index is -4.46. The van der Waals surface area contributed by atoms with Gasteiger partial charge in [0.25, 0.3) is 10.1 Å². The molecule has 0 fully saturated rings. The molecular weight excluding hydrogens is 423 g/mol. The Bertz CT molecular complexity index is 1390. The van der Waals surface area contributed by atoms with Gasteiger partial charge in [0.2, 0.25) is 0 Å². The molecule has 152 valence electrons. The number of aryl methyl sites for hydroxylation is 1. The number of azo groups is 1. The molecule has 3 N–H and O–H groups in total. The SMILES string of the molecule is Cc1cccc(-c2ccc(/N=N/c3cc(S(=O)(=O)O)c4ccccc4c3N)cn2)c1.[NaH]. The van der Waals surface area contributed by atoms with Crippen molar-refractivity contribution in [2.24, 2.45) is 10.2 Å². The van der Waals surface area contributed by atoms with Gasteiger partial charge in [0, 0.05) is 16.3 Å². The van der Waals surface area contributed by atoms with E-state index in [4.69, 9.17) is 5.73 Å². The minimum absolute atomic E-state index is 0. The monoisotopic (exact) mass is 442 g/mol. The van der Waals surface area contributed by atoms with Gasteiger partial charge in [0.05, 0.1) is 17.6 Å². The summed E-state index contributed by atoms with van der Waals surface area (Å²) in [5.74, 6) is 0. The maximum absolute atomic E-state index is 11.8. The molecule has 4 aromatic rings. The maximum atomic E-state index is 11.8. The van der Waals surface area contributed by atoms with Crippen LogP contribution in [0.1, 0.15) is 5.56 Å². The van der Waals surface area contributed by atoms with Crippen LogP contribution in [0.3, 0.4) is 0 Å². The van der Waals surface area contributed by atoms with E-state index in [1.54, 1.807) is 36.5 Å². The van der Waals surface area contributed by atoms with Gasteiger partial charge in [0.1, 0.15) is 16.3 Å². The fraction of sp³-hybridized carbons (Fsp3) is 0.0455. The second kappa shape index (κ2) is 9.25. The van der Waals surface area contributed by atoms with E-state index in [1.165, 1.54) is 6.07 Å². The molecule has 1 heterocycles. The van der Waals surface area contributed by atoms with Gasteiger partial charge >= 0.3 is 29.6 Å². The number of hydrogen-bond donors (Lipinski definition) is 2. The van der Waals surface area contributed by atoms with Crippen LogP contribution in [0.25, 0.3) is 22.0 Å². The van der Waals surface area contributed by atoms with Crippen LogP contribution in [0.5, 0.6) is 0 Å². The fourth-order valence-electron chi connectivity index (χ4n) is 3.18. The van der Waals surface area contributed by atoms with Crippen molar-refractivity contribution in [1.82, 2.24) is 4.98 Å². The number of anilines is 1. The molecule has 0 saturated heterocycles. The first kappa shape index (κ1) is 23.1. The van der Waals surface area contributed by atoms with Crippen LogP contribution in [0.2, 0.25) is 0 Å². The van der Waals surface area contributed by atoms with E-state index >= 15 is 0 Å². The van der Waals surface area contributed by atoms with Crippen molar-refractivity contribution in [2.75, 3.05) is 5.73 Å². The Balaban J connectivity index is 0.00000272. The van der Waals surface area contributed by atoms with Gasteiger partial charge in [-0.2, -0.15) is 8.42 Å². The molecular formula is C22H19N4NaO3S. The Morgan fingerprint density at radius 3 is 2.32 bits per heavy atom. The summed E-state index contributed by atoms with van der Waals surface area (Å²) in [5, 5.41) is 9.01. The number of rotatable bonds is 4. The van der Waals surface area contributed by atoms with Crippen LogP contribution in [0, 0.1) is 6.92 Å². The van der Waals surface area contributed by atoms with Crippen molar-refractivity contribution in [3.05, 3.63) is 78.5 Å². The van der Waals surface area contributed by atoms with E-state index in [2.05, 4.69) is 15.2 Å². The van der Waals surface area contributed by atoms with Crippen molar-refractivity contribution in [1.29, 1.82) is 0 Å². The van der Waals surface area contributed by atoms with E-state index in [0.717, 1.165) is 16.8 Å². The van der Waals surface area contributed by atoms with Crippen LogP contribution in [-0.2, 0) is 10.1 Å². The molecule has 0 aliphatic carbocycles. The first-order valence-electron chi connectivity index (χ1n) is 9.06. The van der Waals surface area contributed by atoms with Gasteiger partial charge in [0.15, 0.2) is 0 Å². The normalized spacial score (nSPS) is 11.5. The number of fused-ring (bicyclic) bond motifs is 1. The van der Waals surface area contributed by atoms with Gasteiger partial charge in [-0.15, -0.1) is 10.2 Å². The molecule has 0 radical (unpaired) electrons. The number of nitrogens with two attached hydrogens (primary N) is 1. The summed E-state index contributed by atoms with van der Waals surface area (Å²) in [4.78, 5) is 4.14. The van der Waals surface area contributed by atoms with E-state index in [1.807, 2.05) is 37.3 Å². The Morgan fingerprint density at radius 2 is 1.68 bits per heavy atom. The van der Waals surface area contributed by atoms with Crippen molar-refractivity contribution in [3.63, 3.8) is 0 Å². The summed E-state index contributed by atoms with van der Waals surface area (Å²) in [6.07, 6.45) is 1.57. The third-order valence-corrected chi connectivity index (χ3v) is 5.53. The van der Waals surface area contributed by atoms with Gasteiger partial charge in [-0.3, -0.25) is 9.54 Å². The van der Waals surface area contributed by atoms with Crippen molar-refractivity contribution in [3.8, 4) is 11.3 Å². The Labute approximate surface area is 202 Å². The van der Waals surface area contributed by atoms with Crippen LogP contribution in [0.15, 0.2) is 88.1 Å². The van der Waals surface area contributed by atoms with Gasteiger partial charge in [-0.25, -0.2) is 0 Å². The summed E-state index contributed by atoms with van der Waals surface area (Å²) in [6.45, 7) is 2.01. The number of aromatic nitrogens is 1. The molecule has 0 aliphatic rings. The molecule has 0 bridgehead atoms. The summed E-state index contributed by atoms with van der Waals surface area (Å²) in [5.41, 5.74) is 9.99. The topological polar surface area (TPSA) is 118 Å². The van der Waals surface area contributed by atoms with Crippen molar-refractivity contribution in [2.45, 2.75) is 11.8 Å². The van der Waals surface area contributed by atoms with Gasteiger partial charge in [-0.05, 0) is 31.2 Å². The Morgan fingerprint density at radius 1 is 0.935 bits per heavy atom. The Kier molecular flexibility index (Phi) is 6.88. The quantitative estimate of drug-likeness (QED) is 0.204. The summed E-state index contributed by atoms with van der Waals surface area (Å²) >= 11 is 0. The van der Waals surface area contributed by atoms with E-state index in [-0.39, 0.29) is 45.8 Å². The molecule has 0 atom stereocenters. The standard InChI is InChI=1S/C22H18N4O3S.Na.H/c1-14-5-4-6-15(11-14)19-10-9-16(13-24-19)25-26-20-12-21(30(27,28)29)17-7-2-3-8-18(17)22(20)23;;/h2-13H,23H2,1H3,(H,27,28,29);;/b26-25+;;. The fourth-order valence-corrected chi connectivity index (χ4v) is 3.90. The zero-order valence-corrected chi connectivity index (χ0v) is 16.8. The first-order chi connectivity index (χ1) is 14.3. The number of nitrogen functional groups attached to an aromatic ring is 1. The average Bonchev–Trinajstić information content (AvgIpc) is 2.73. The molecule has 7 nitrogen and oxygen atoms in total. The first-order valence-corrected chi connectivity index (χ1v) is 10.5. The molecule has 4 rings (SSSR count). The van der Waals surface area contributed by atoms with Gasteiger partial charge < -0.3 is 5.73 Å². The van der Waals surface area contributed by atoms with Crippen LogP contribution in [0.4, 0.5) is 17.1 Å². The summed E-state index contributed by atoms with van der Waals surface area (Å²) in [6, 6.07) is 19.4. The predicted molar refractivity (Wildman–Crippen MR) is 124 cm³/mol. The van der Waals surface area contributed by atoms with Crippen LogP contribution in [-0.4, -0.2) is 47.5 Å². The summed E-state index contributed by atoms with van der Waals surface area (Å²) in [7, 11) is -4.46. The van der Waals surface area contributed by atoms with E-state index in [0.29, 0.717) is 16.5 Å². The van der Waals surface area contributed by atoms with E-state index in [9.17, 15) is 13.0 Å². The van der Waals surface area contributed by atoms with Crippen LogP contribution >= 0.6 is 0 Å². The average molecular weight is 442 g/mol. The number of nitrogens with zero attached hydrogens (tertiary/aromatic N) is 3. The number of benzene rings is 3. The van der Waals surface area contributed by atoms with Crippen molar-refractivity contribution >= 4 is 67.5 Å². The second-order valence-corrected chi connectivity index (χ2v) is 8.19. The Hall–Kier alpha value is -2.62. The van der Waals surface area contributed by atoms with E-state index < -0.39 is 10.1 Å². The zero-order chi connectivity index (χ0) is 21.3. The molecule has 0 aliphatic heterocycles. The van der Waals surface area contributed by atoms with Crippen LogP contribution < -0.4 is 5.73 Å². The molecule has 31 heavy (non-hydrogen) atoms. The molecule has 3 aromatic carbocycles. The molecule has 9 heteroatoms. The second-order valence-electron chi connectivity index (χ2n) is 6.80. The molecule has 0 spiro atoms. The third kappa shape index (κ3) is 5.00. The molecule has 0 saturated carbocycles. The zero-order valence-electron chi connectivity index (χ0n) is 16.0. The number of pyridine rings is 1. The molecule has 1 aromatic heterocycles. The molecule has 0 amide bonds. The third-order valence-electron chi connectivity index (χ3n) is 4.64.